The predicted molar refractivity (Wildman–Crippen MR) is 106 cm³/mol. The molecule has 27 heavy (non-hydrogen) atoms. The van der Waals surface area contributed by atoms with Gasteiger partial charge in [0.15, 0.2) is 11.5 Å². The van der Waals surface area contributed by atoms with Crippen LogP contribution in [0.3, 0.4) is 0 Å². The number of carbonyl (C=O) groups excluding carboxylic acids is 1. The number of nitrogens with zero attached hydrogens (tertiary/aromatic N) is 3. The van der Waals surface area contributed by atoms with Crippen molar-refractivity contribution in [2.75, 3.05) is 10.6 Å². The van der Waals surface area contributed by atoms with Crippen LogP contribution in [0.5, 0.6) is 0 Å². The molecule has 0 saturated carbocycles. The van der Waals surface area contributed by atoms with E-state index in [4.69, 9.17) is 0 Å². The van der Waals surface area contributed by atoms with Crippen LogP contribution in [-0.4, -0.2) is 21.1 Å². The van der Waals surface area contributed by atoms with Gasteiger partial charge in [-0.05, 0) is 42.8 Å². The van der Waals surface area contributed by atoms with Gasteiger partial charge in [0.05, 0.1) is 11.2 Å². The molecule has 6 nitrogen and oxygen atoms in total. The smallest absolute Gasteiger partial charge is 0.276 e. The van der Waals surface area contributed by atoms with Crippen molar-refractivity contribution in [2.24, 2.45) is 0 Å². The Hall–Kier alpha value is -3.80. The van der Waals surface area contributed by atoms with Crippen molar-refractivity contribution in [3.63, 3.8) is 0 Å². The molecule has 2 aromatic carbocycles. The van der Waals surface area contributed by atoms with E-state index in [2.05, 4.69) is 25.8 Å². The van der Waals surface area contributed by atoms with E-state index < -0.39 is 0 Å². The summed E-state index contributed by atoms with van der Waals surface area (Å²) in [6.45, 7) is 1.94. The molecule has 0 aliphatic carbocycles. The molecule has 6 heteroatoms. The van der Waals surface area contributed by atoms with Gasteiger partial charge in [0, 0.05) is 17.3 Å². The summed E-state index contributed by atoms with van der Waals surface area (Å²) in [5, 5.41) is 15.2. The Balaban J connectivity index is 1.52. The van der Waals surface area contributed by atoms with Gasteiger partial charge in [-0.15, -0.1) is 10.2 Å². The monoisotopic (exact) mass is 355 g/mol. The fourth-order valence-corrected chi connectivity index (χ4v) is 2.76. The maximum Gasteiger partial charge on any atom is 0.276 e. The molecule has 0 saturated heterocycles. The Morgan fingerprint density at radius 2 is 1.67 bits per heavy atom. The first-order chi connectivity index (χ1) is 13.2. The number of fused-ring (bicyclic) bond motifs is 1. The Labute approximate surface area is 156 Å². The second-order valence-corrected chi connectivity index (χ2v) is 6.08. The highest BCUT2D eigenvalue weighted by atomic mass is 16.1. The Kier molecular flexibility index (Phi) is 4.45. The van der Waals surface area contributed by atoms with Crippen LogP contribution in [0.2, 0.25) is 0 Å². The number of amides is 1. The minimum atomic E-state index is -0.296. The summed E-state index contributed by atoms with van der Waals surface area (Å²) in [7, 11) is 0. The van der Waals surface area contributed by atoms with Gasteiger partial charge in [0.1, 0.15) is 0 Å². The Morgan fingerprint density at radius 1 is 0.852 bits per heavy atom. The lowest BCUT2D eigenvalue weighted by atomic mass is 10.2. The molecule has 0 bridgehead atoms. The van der Waals surface area contributed by atoms with Crippen molar-refractivity contribution in [1.29, 1.82) is 0 Å². The SMILES string of the molecule is Cc1ccccc1NC(=O)c1ccc(Nc2cccc3cccnc23)nn1. The molecule has 2 aromatic heterocycles. The second-order valence-electron chi connectivity index (χ2n) is 6.08. The van der Waals surface area contributed by atoms with Gasteiger partial charge < -0.3 is 10.6 Å². The highest BCUT2D eigenvalue weighted by molar-refractivity contribution is 6.03. The molecule has 0 atom stereocenters. The summed E-state index contributed by atoms with van der Waals surface area (Å²) < 4.78 is 0. The van der Waals surface area contributed by atoms with E-state index in [-0.39, 0.29) is 11.6 Å². The van der Waals surface area contributed by atoms with Gasteiger partial charge in [-0.2, -0.15) is 0 Å². The summed E-state index contributed by atoms with van der Waals surface area (Å²) in [5.41, 5.74) is 3.68. The number of hydrogen-bond donors (Lipinski definition) is 2. The molecule has 132 valence electrons. The maximum atomic E-state index is 12.4. The molecule has 0 radical (unpaired) electrons. The number of aryl methyl sites for hydroxylation is 1. The van der Waals surface area contributed by atoms with E-state index in [1.54, 1.807) is 18.3 Å². The maximum absolute atomic E-state index is 12.4. The number of rotatable bonds is 4. The normalized spacial score (nSPS) is 10.6. The number of carbonyl (C=O) groups is 1. The number of hydrogen-bond acceptors (Lipinski definition) is 5. The molecule has 0 fully saturated rings. The average molecular weight is 355 g/mol. The van der Waals surface area contributed by atoms with Crippen LogP contribution in [0.25, 0.3) is 10.9 Å². The molecular weight excluding hydrogens is 338 g/mol. The van der Waals surface area contributed by atoms with Crippen molar-refractivity contribution in [1.82, 2.24) is 15.2 Å². The highest BCUT2D eigenvalue weighted by Gasteiger charge is 2.10. The standard InChI is InChI=1S/C21H17N5O/c1-14-6-2-3-9-16(14)24-21(27)18-11-12-19(26-25-18)23-17-10-4-7-15-8-5-13-22-20(15)17/h2-13H,1H3,(H,23,26)(H,24,27). The first-order valence-electron chi connectivity index (χ1n) is 8.52. The quantitative estimate of drug-likeness (QED) is 0.569. The highest BCUT2D eigenvalue weighted by Crippen LogP contribution is 2.23. The van der Waals surface area contributed by atoms with Gasteiger partial charge in [0.25, 0.3) is 5.91 Å². The fraction of sp³-hybridized carbons (Fsp3) is 0.0476. The first kappa shape index (κ1) is 16.7. The summed E-state index contributed by atoms with van der Waals surface area (Å²) in [5.74, 6) is 0.246. The van der Waals surface area contributed by atoms with Crippen LogP contribution >= 0.6 is 0 Å². The van der Waals surface area contributed by atoms with Gasteiger partial charge in [-0.25, -0.2) is 0 Å². The summed E-state index contributed by atoms with van der Waals surface area (Å²) in [6.07, 6.45) is 1.75. The zero-order chi connectivity index (χ0) is 18.6. The van der Waals surface area contributed by atoms with Gasteiger partial charge in [0.2, 0.25) is 0 Å². The van der Waals surface area contributed by atoms with Crippen LogP contribution < -0.4 is 10.6 Å². The van der Waals surface area contributed by atoms with Crippen molar-refractivity contribution < 1.29 is 4.79 Å². The lowest BCUT2D eigenvalue weighted by Gasteiger charge is -2.09. The van der Waals surface area contributed by atoms with Gasteiger partial charge in [-0.3, -0.25) is 9.78 Å². The van der Waals surface area contributed by atoms with Crippen LogP contribution in [0, 0.1) is 6.92 Å². The number of para-hydroxylation sites is 2. The fourth-order valence-electron chi connectivity index (χ4n) is 2.76. The molecule has 0 unspecified atom stereocenters. The lowest BCUT2D eigenvalue weighted by Crippen LogP contribution is -2.15. The van der Waals surface area contributed by atoms with Gasteiger partial charge >= 0.3 is 0 Å². The zero-order valence-corrected chi connectivity index (χ0v) is 14.7. The summed E-state index contributed by atoms with van der Waals surface area (Å²) in [6, 6.07) is 20.7. The Bertz CT molecular complexity index is 1100. The minimum Gasteiger partial charge on any atom is -0.337 e. The van der Waals surface area contributed by atoms with E-state index in [0.29, 0.717) is 5.82 Å². The third kappa shape index (κ3) is 3.59. The van der Waals surface area contributed by atoms with E-state index in [1.165, 1.54) is 0 Å². The average Bonchev–Trinajstić information content (AvgIpc) is 2.70. The van der Waals surface area contributed by atoms with Crippen molar-refractivity contribution >= 4 is 34.0 Å². The molecule has 1 amide bonds. The predicted octanol–water partition coefficient (Wildman–Crippen LogP) is 4.33. The molecule has 2 heterocycles. The van der Waals surface area contributed by atoms with Crippen molar-refractivity contribution in [3.8, 4) is 0 Å². The molecule has 2 N–H and O–H groups in total. The third-order valence-electron chi connectivity index (χ3n) is 4.19. The van der Waals surface area contributed by atoms with E-state index >= 15 is 0 Å². The lowest BCUT2D eigenvalue weighted by molar-refractivity contribution is 0.102. The first-order valence-corrected chi connectivity index (χ1v) is 8.52. The molecule has 4 aromatic rings. The minimum absolute atomic E-state index is 0.250. The number of aromatic nitrogens is 3. The molecule has 0 spiro atoms. The molecule has 4 rings (SSSR count). The van der Waals surface area contributed by atoms with E-state index in [0.717, 1.165) is 27.8 Å². The largest absolute Gasteiger partial charge is 0.337 e. The molecule has 0 aliphatic heterocycles. The molecule has 0 aliphatic rings. The van der Waals surface area contributed by atoms with E-state index in [1.807, 2.05) is 61.5 Å². The zero-order valence-electron chi connectivity index (χ0n) is 14.7. The molecular formula is C21H17N5O. The third-order valence-corrected chi connectivity index (χ3v) is 4.19. The second kappa shape index (κ2) is 7.21. The van der Waals surface area contributed by atoms with Crippen LogP contribution in [0.1, 0.15) is 16.1 Å². The van der Waals surface area contributed by atoms with Gasteiger partial charge in [-0.1, -0.05) is 36.4 Å². The topological polar surface area (TPSA) is 79.8 Å². The van der Waals surface area contributed by atoms with Crippen LogP contribution in [-0.2, 0) is 0 Å². The summed E-state index contributed by atoms with van der Waals surface area (Å²) >= 11 is 0. The van der Waals surface area contributed by atoms with Crippen LogP contribution in [0.4, 0.5) is 17.2 Å². The van der Waals surface area contributed by atoms with Crippen LogP contribution in [0.15, 0.2) is 72.9 Å². The Morgan fingerprint density at radius 3 is 2.48 bits per heavy atom. The number of benzene rings is 2. The number of nitrogens with one attached hydrogen (secondary N) is 2. The summed E-state index contributed by atoms with van der Waals surface area (Å²) in [4.78, 5) is 16.8. The van der Waals surface area contributed by atoms with Crippen molar-refractivity contribution in [3.05, 3.63) is 84.2 Å². The number of anilines is 3. The van der Waals surface area contributed by atoms with E-state index in [9.17, 15) is 4.79 Å². The number of pyridine rings is 1. The van der Waals surface area contributed by atoms with Crippen molar-refractivity contribution in [2.45, 2.75) is 6.92 Å².